The first kappa shape index (κ1) is 17.4. The second kappa shape index (κ2) is 5.64. The summed E-state index contributed by atoms with van der Waals surface area (Å²) >= 11 is 6.11. The first-order chi connectivity index (χ1) is 8.86. The molecule has 0 aliphatic rings. The Balaban J connectivity index is 3.12. The van der Waals surface area contributed by atoms with Gasteiger partial charge in [0.15, 0.2) is 9.84 Å². The average molecular weight is 320 g/mol. The van der Waals surface area contributed by atoms with Crippen molar-refractivity contribution in [3.8, 4) is 0 Å². The summed E-state index contributed by atoms with van der Waals surface area (Å²) in [6, 6.07) is 4.81. The Kier molecular flexibility index (Phi) is 4.91. The van der Waals surface area contributed by atoms with Gasteiger partial charge in [-0.2, -0.15) is 0 Å². The summed E-state index contributed by atoms with van der Waals surface area (Å²) in [5.41, 5.74) is -1.03. The van der Waals surface area contributed by atoms with Crippen molar-refractivity contribution in [1.82, 2.24) is 5.32 Å². The molecule has 2 N–H and O–H groups in total. The Morgan fingerprint density at radius 1 is 1.25 bits per heavy atom. The summed E-state index contributed by atoms with van der Waals surface area (Å²) in [6.07, 6.45) is 1.16. The molecule has 6 heteroatoms. The zero-order valence-corrected chi connectivity index (χ0v) is 14.1. The summed E-state index contributed by atoms with van der Waals surface area (Å²) in [7, 11) is -3.35. The predicted octanol–water partition coefficient (Wildman–Crippen LogP) is 2.38. The van der Waals surface area contributed by atoms with E-state index in [1.54, 1.807) is 26.0 Å². The highest BCUT2D eigenvalue weighted by Crippen LogP contribution is 2.26. The molecule has 1 aromatic carbocycles. The molecule has 0 radical (unpaired) electrons. The highest BCUT2D eigenvalue weighted by Gasteiger charge is 2.34. The summed E-state index contributed by atoms with van der Waals surface area (Å²) < 4.78 is 23.6. The number of aliphatic hydroxyl groups is 1. The molecule has 114 valence electrons. The summed E-state index contributed by atoms with van der Waals surface area (Å²) in [6.45, 7) is 7.36. The van der Waals surface area contributed by atoms with Gasteiger partial charge < -0.3 is 10.4 Å². The van der Waals surface area contributed by atoms with Crippen LogP contribution >= 0.6 is 11.6 Å². The molecule has 0 fully saturated rings. The molecule has 0 saturated heterocycles. The van der Waals surface area contributed by atoms with E-state index in [2.05, 4.69) is 5.32 Å². The number of nitrogens with one attached hydrogen (secondary N) is 1. The van der Waals surface area contributed by atoms with Crippen LogP contribution in [0.3, 0.4) is 0 Å². The van der Waals surface area contributed by atoms with Gasteiger partial charge in [0.05, 0.1) is 10.5 Å². The first-order valence-corrected chi connectivity index (χ1v) is 8.58. The van der Waals surface area contributed by atoms with E-state index in [0.29, 0.717) is 10.6 Å². The lowest BCUT2D eigenvalue weighted by Gasteiger charge is -2.38. The molecular weight excluding hydrogens is 298 g/mol. The van der Waals surface area contributed by atoms with Gasteiger partial charge in [-0.15, -0.1) is 0 Å². The third-order valence-electron chi connectivity index (χ3n) is 3.71. The van der Waals surface area contributed by atoms with Gasteiger partial charge in [-0.3, -0.25) is 0 Å². The number of hydrogen-bond acceptors (Lipinski definition) is 4. The zero-order valence-electron chi connectivity index (χ0n) is 12.5. The van der Waals surface area contributed by atoms with E-state index >= 15 is 0 Å². The van der Waals surface area contributed by atoms with E-state index in [4.69, 9.17) is 11.6 Å². The van der Waals surface area contributed by atoms with Gasteiger partial charge >= 0.3 is 0 Å². The fourth-order valence-electron chi connectivity index (χ4n) is 1.58. The predicted molar refractivity (Wildman–Crippen MR) is 81.8 cm³/mol. The Labute approximate surface area is 126 Å². The van der Waals surface area contributed by atoms with Crippen molar-refractivity contribution in [1.29, 1.82) is 0 Å². The summed E-state index contributed by atoms with van der Waals surface area (Å²) in [5.74, 6) is 0. The number of halogens is 1. The van der Waals surface area contributed by atoms with Crippen molar-refractivity contribution in [2.24, 2.45) is 0 Å². The lowest BCUT2D eigenvalue weighted by atomic mass is 9.86. The number of hydrogen-bond donors (Lipinski definition) is 2. The SMILES string of the molecule is CC(C)(O)C(C)(C)NCc1c(Cl)cccc1S(C)(=O)=O. The first-order valence-electron chi connectivity index (χ1n) is 6.31. The van der Waals surface area contributed by atoms with Crippen molar-refractivity contribution < 1.29 is 13.5 Å². The van der Waals surface area contributed by atoms with E-state index in [1.165, 1.54) is 6.07 Å². The van der Waals surface area contributed by atoms with Gasteiger partial charge in [-0.1, -0.05) is 17.7 Å². The molecule has 20 heavy (non-hydrogen) atoms. The van der Waals surface area contributed by atoms with Crippen LogP contribution in [0.4, 0.5) is 0 Å². The Morgan fingerprint density at radius 3 is 2.25 bits per heavy atom. The Morgan fingerprint density at radius 2 is 1.80 bits per heavy atom. The van der Waals surface area contributed by atoms with Crippen molar-refractivity contribution in [3.63, 3.8) is 0 Å². The molecule has 1 rings (SSSR count). The number of sulfone groups is 1. The van der Waals surface area contributed by atoms with Gasteiger partial charge in [-0.05, 0) is 39.8 Å². The topological polar surface area (TPSA) is 66.4 Å². The van der Waals surface area contributed by atoms with E-state index in [0.717, 1.165) is 6.26 Å². The second-order valence-electron chi connectivity index (χ2n) is 6.03. The largest absolute Gasteiger partial charge is 0.389 e. The van der Waals surface area contributed by atoms with Gasteiger partial charge in [0.1, 0.15) is 0 Å². The van der Waals surface area contributed by atoms with Crippen molar-refractivity contribution in [2.75, 3.05) is 6.26 Å². The van der Waals surface area contributed by atoms with Crippen molar-refractivity contribution in [2.45, 2.75) is 50.3 Å². The smallest absolute Gasteiger partial charge is 0.175 e. The van der Waals surface area contributed by atoms with E-state index in [-0.39, 0.29) is 11.4 Å². The van der Waals surface area contributed by atoms with E-state index in [9.17, 15) is 13.5 Å². The van der Waals surface area contributed by atoms with Crippen molar-refractivity contribution >= 4 is 21.4 Å². The van der Waals surface area contributed by atoms with Gasteiger partial charge in [0, 0.05) is 28.9 Å². The minimum atomic E-state index is -3.35. The Hall–Kier alpha value is -0.620. The highest BCUT2D eigenvalue weighted by molar-refractivity contribution is 7.90. The fraction of sp³-hybridized carbons (Fsp3) is 0.571. The van der Waals surface area contributed by atoms with Crippen LogP contribution in [0.2, 0.25) is 5.02 Å². The maximum Gasteiger partial charge on any atom is 0.175 e. The van der Waals surface area contributed by atoms with Crippen LogP contribution in [0.25, 0.3) is 0 Å². The summed E-state index contributed by atoms with van der Waals surface area (Å²) in [5, 5.41) is 13.7. The Bertz CT molecular complexity index is 589. The van der Waals surface area contributed by atoms with Crippen LogP contribution in [-0.2, 0) is 16.4 Å². The minimum absolute atomic E-state index is 0.212. The van der Waals surface area contributed by atoms with E-state index < -0.39 is 21.0 Å². The van der Waals surface area contributed by atoms with Crippen LogP contribution in [-0.4, -0.2) is 30.9 Å². The zero-order chi connectivity index (χ0) is 15.8. The molecule has 0 saturated carbocycles. The molecule has 1 aromatic rings. The number of benzene rings is 1. The monoisotopic (exact) mass is 319 g/mol. The minimum Gasteiger partial charge on any atom is -0.389 e. The lowest BCUT2D eigenvalue weighted by Crippen LogP contribution is -2.55. The molecule has 0 atom stereocenters. The lowest BCUT2D eigenvalue weighted by molar-refractivity contribution is -0.00540. The molecule has 0 amide bonds. The molecule has 0 bridgehead atoms. The van der Waals surface area contributed by atoms with Crippen LogP contribution in [0, 0.1) is 0 Å². The second-order valence-corrected chi connectivity index (χ2v) is 8.42. The summed E-state index contributed by atoms with van der Waals surface area (Å²) in [4.78, 5) is 0.212. The fourth-order valence-corrected chi connectivity index (χ4v) is 2.84. The third-order valence-corrected chi connectivity index (χ3v) is 5.25. The molecule has 0 heterocycles. The standard InChI is InChI=1S/C14H22ClNO3S/c1-13(2,14(3,4)17)16-9-10-11(15)7-6-8-12(10)20(5,18)19/h6-8,16-17H,9H2,1-5H3. The molecule has 0 unspecified atom stereocenters. The molecule has 0 spiro atoms. The maximum atomic E-state index is 11.8. The quantitative estimate of drug-likeness (QED) is 0.874. The highest BCUT2D eigenvalue weighted by atomic mass is 35.5. The molecule has 0 aliphatic carbocycles. The van der Waals surface area contributed by atoms with Crippen LogP contribution < -0.4 is 5.32 Å². The van der Waals surface area contributed by atoms with Crippen LogP contribution in [0.15, 0.2) is 23.1 Å². The average Bonchev–Trinajstić information content (AvgIpc) is 2.24. The molecular formula is C14H22ClNO3S. The van der Waals surface area contributed by atoms with Crippen LogP contribution in [0.5, 0.6) is 0 Å². The molecule has 4 nitrogen and oxygen atoms in total. The van der Waals surface area contributed by atoms with Gasteiger partial charge in [0.2, 0.25) is 0 Å². The normalized spacial score (nSPS) is 13.6. The van der Waals surface area contributed by atoms with Crippen molar-refractivity contribution in [3.05, 3.63) is 28.8 Å². The third kappa shape index (κ3) is 3.95. The molecule has 0 aliphatic heterocycles. The van der Waals surface area contributed by atoms with Gasteiger partial charge in [-0.25, -0.2) is 8.42 Å². The van der Waals surface area contributed by atoms with Crippen LogP contribution in [0.1, 0.15) is 33.3 Å². The maximum absolute atomic E-state index is 11.8. The van der Waals surface area contributed by atoms with E-state index in [1.807, 2.05) is 13.8 Å². The number of rotatable bonds is 5. The van der Waals surface area contributed by atoms with Gasteiger partial charge in [0.25, 0.3) is 0 Å². The molecule has 0 aromatic heterocycles.